The molecule has 3 rings (SSSR count). The van der Waals surface area contributed by atoms with Crippen LogP contribution in [0.5, 0.6) is 0 Å². The van der Waals surface area contributed by atoms with E-state index < -0.39 is 0 Å². The van der Waals surface area contributed by atoms with Crippen molar-refractivity contribution in [2.24, 2.45) is 0 Å². The lowest BCUT2D eigenvalue weighted by Gasteiger charge is -2.04. The molecule has 0 saturated carbocycles. The second-order valence-corrected chi connectivity index (χ2v) is 7.06. The first-order valence-electron chi connectivity index (χ1n) is 6.74. The van der Waals surface area contributed by atoms with Gasteiger partial charge in [0.15, 0.2) is 5.16 Å². The summed E-state index contributed by atoms with van der Waals surface area (Å²) in [4.78, 5) is 11.1. The third-order valence-corrected chi connectivity index (χ3v) is 5.53. The summed E-state index contributed by atoms with van der Waals surface area (Å²) in [5.74, 6) is 1.18. The standard InChI is InChI=1S/C16H14N4S2/c1-9-10(2)22-15-13(9)14(18)19-16(20-15)21-8-12-6-4-3-5-11(12)7-17/h3-6H,8H2,1-2H3,(H2,18,19,20). The molecule has 0 aliphatic rings. The first-order valence-corrected chi connectivity index (χ1v) is 8.54. The van der Waals surface area contributed by atoms with E-state index in [-0.39, 0.29) is 0 Å². The van der Waals surface area contributed by atoms with Crippen LogP contribution >= 0.6 is 23.1 Å². The van der Waals surface area contributed by atoms with Crippen molar-refractivity contribution >= 4 is 39.1 Å². The van der Waals surface area contributed by atoms with Gasteiger partial charge in [-0.05, 0) is 31.0 Å². The molecule has 2 aromatic heterocycles. The number of thiophene rings is 1. The Morgan fingerprint density at radius 1 is 1.27 bits per heavy atom. The lowest BCUT2D eigenvalue weighted by atomic mass is 10.1. The number of nitrogens with zero attached hydrogens (tertiary/aromatic N) is 3. The van der Waals surface area contributed by atoms with Crippen molar-refractivity contribution in [2.75, 3.05) is 5.73 Å². The molecule has 0 radical (unpaired) electrons. The zero-order chi connectivity index (χ0) is 15.7. The molecule has 6 heteroatoms. The highest BCUT2D eigenvalue weighted by Crippen LogP contribution is 2.34. The number of thioether (sulfide) groups is 1. The molecule has 0 aliphatic heterocycles. The van der Waals surface area contributed by atoms with Crippen LogP contribution in [0.15, 0.2) is 29.4 Å². The van der Waals surface area contributed by atoms with E-state index in [1.54, 1.807) is 11.3 Å². The van der Waals surface area contributed by atoms with Crippen LogP contribution in [0.4, 0.5) is 5.82 Å². The molecule has 0 fully saturated rings. The van der Waals surface area contributed by atoms with Gasteiger partial charge in [-0.3, -0.25) is 0 Å². The van der Waals surface area contributed by atoms with Crippen LogP contribution in [0, 0.1) is 25.2 Å². The van der Waals surface area contributed by atoms with Gasteiger partial charge in [0.2, 0.25) is 0 Å². The summed E-state index contributed by atoms with van der Waals surface area (Å²) in [6.07, 6.45) is 0. The zero-order valence-corrected chi connectivity index (χ0v) is 13.9. The van der Waals surface area contributed by atoms with Crippen molar-refractivity contribution in [3.8, 4) is 6.07 Å². The van der Waals surface area contributed by atoms with Crippen LogP contribution < -0.4 is 5.73 Å². The Hall–Kier alpha value is -2.10. The molecule has 2 heterocycles. The number of aryl methyl sites for hydroxylation is 2. The van der Waals surface area contributed by atoms with Crippen molar-refractivity contribution in [1.29, 1.82) is 5.26 Å². The SMILES string of the molecule is Cc1sc2nc(SCc3ccccc3C#N)nc(N)c2c1C. The van der Waals surface area contributed by atoms with Crippen molar-refractivity contribution in [1.82, 2.24) is 9.97 Å². The summed E-state index contributed by atoms with van der Waals surface area (Å²) < 4.78 is 0. The van der Waals surface area contributed by atoms with E-state index in [4.69, 9.17) is 11.0 Å². The number of nitrogens with two attached hydrogens (primary N) is 1. The fourth-order valence-electron chi connectivity index (χ4n) is 2.22. The Morgan fingerprint density at radius 2 is 2.05 bits per heavy atom. The minimum atomic E-state index is 0.530. The Labute approximate surface area is 137 Å². The average Bonchev–Trinajstić information content (AvgIpc) is 2.80. The molecule has 0 aliphatic carbocycles. The highest BCUT2D eigenvalue weighted by molar-refractivity contribution is 7.98. The lowest BCUT2D eigenvalue weighted by molar-refractivity contribution is 1.02. The first kappa shape index (κ1) is 14.8. The molecule has 3 aromatic rings. The molecule has 110 valence electrons. The number of nitrogen functional groups attached to an aromatic ring is 1. The van der Waals surface area contributed by atoms with Gasteiger partial charge in [-0.25, -0.2) is 9.97 Å². The van der Waals surface area contributed by atoms with Crippen LogP contribution in [0.3, 0.4) is 0 Å². The van der Waals surface area contributed by atoms with Crippen molar-refractivity contribution in [3.63, 3.8) is 0 Å². The molecule has 0 atom stereocenters. The summed E-state index contributed by atoms with van der Waals surface area (Å²) in [5, 5.41) is 10.7. The van der Waals surface area contributed by atoms with Crippen LogP contribution in [-0.2, 0) is 5.75 Å². The summed E-state index contributed by atoms with van der Waals surface area (Å²) in [5.41, 5.74) is 8.91. The van der Waals surface area contributed by atoms with Crippen LogP contribution in [-0.4, -0.2) is 9.97 Å². The third kappa shape index (κ3) is 2.65. The van der Waals surface area contributed by atoms with Gasteiger partial charge < -0.3 is 5.73 Å². The number of nitriles is 1. The van der Waals surface area contributed by atoms with Gasteiger partial charge in [0, 0.05) is 10.6 Å². The molecule has 0 bridgehead atoms. The topological polar surface area (TPSA) is 75.6 Å². The zero-order valence-electron chi connectivity index (χ0n) is 12.3. The monoisotopic (exact) mass is 326 g/mol. The summed E-state index contributed by atoms with van der Waals surface area (Å²) in [6, 6.07) is 9.78. The molecule has 0 amide bonds. The quantitative estimate of drug-likeness (QED) is 0.580. The van der Waals surface area contributed by atoms with Gasteiger partial charge in [-0.15, -0.1) is 11.3 Å². The number of hydrogen-bond acceptors (Lipinski definition) is 6. The number of aromatic nitrogens is 2. The summed E-state index contributed by atoms with van der Waals surface area (Å²) in [6.45, 7) is 4.11. The molecule has 22 heavy (non-hydrogen) atoms. The predicted molar refractivity (Wildman–Crippen MR) is 92.0 cm³/mol. The van der Waals surface area contributed by atoms with Crippen LogP contribution in [0.1, 0.15) is 21.6 Å². The Kier molecular flexibility index (Phi) is 4.01. The lowest BCUT2D eigenvalue weighted by Crippen LogP contribution is -1.96. The van der Waals surface area contributed by atoms with E-state index in [9.17, 15) is 0 Å². The molecule has 0 unspecified atom stereocenters. The van der Waals surface area contributed by atoms with Gasteiger partial charge >= 0.3 is 0 Å². The van der Waals surface area contributed by atoms with Crippen molar-refractivity contribution < 1.29 is 0 Å². The number of fused-ring (bicyclic) bond motifs is 1. The Balaban J connectivity index is 1.90. The minimum Gasteiger partial charge on any atom is -0.383 e. The molecule has 4 nitrogen and oxygen atoms in total. The van der Waals surface area contributed by atoms with E-state index in [0.29, 0.717) is 22.3 Å². The van der Waals surface area contributed by atoms with Gasteiger partial charge in [-0.1, -0.05) is 30.0 Å². The third-order valence-electron chi connectivity index (χ3n) is 3.53. The normalized spacial score (nSPS) is 10.8. The van der Waals surface area contributed by atoms with Gasteiger partial charge in [0.05, 0.1) is 17.0 Å². The van der Waals surface area contributed by atoms with E-state index in [1.807, 2.05) is 31.2 Å². The Morgan fingerprint density at radius 3 is 2.82 bits per heavy atom. The molecular formula is C16H14N4S2. The van der Waals surface area contributed by atoms with Crippen LogP contribution in [0.2, 0.25) is 0 Å². The van der Waals surface area contributed by atoms with Gasteiger partial charge in [0.1, 0.15) is 10.6 Å². The number of rotatable bonds is 3. The molecule has 2 N–H and O–H groups in total. The fraction of sp³-hybridized carbons (Fsp3) is 0.188. The van der Waals surface area contributed by atoms with E-state index in [0.717, 1.165) is 21.3 Å². The second-order valence-electron chi connectivity index (χ2n) is 4.91. The number of anilines is 1. The van der Waals surface area contributed by atoms with Gasteiger partial charge in [0.25, 0.3) is 0 Å². The highest BCUT2D eigenvalue weighted by atomic mass is 32.2. The van der Waals surface area contributed by atoms with E-state index in [2.05, 4.69) is 23.0 Å². The summed E-state index contributed by atoms with van der Waals surface area (Å²) in [7, 11) is 0. The van der Waals surface area contributed by atoms with Crippen LogP contribution in [0.25, 0.3) is 10.2 Å². The van der Waals surface area contributed by atoms with Crippen molar-refractivity contribution in [2.45, 2.75) is 24.8 Å². The predicted octanol–water partition coefficient (Wildman–Crippen LogP) is 4.05. The van der Waals surface area contributed by atoms with E-state index in [1.165, 1.54) is 16.6 Å². The number of hydrogen-bond donors (Lipinski definition) is 1. The molecule has 0 saturated heterocycles. The molecular weight excluding hydrogens is 312 g/mol. The maximum absolute atomic E-state index is 9.13. The summed E-state index contributed by atoms with van der Waals surface area (Å²) >= 11 is 3.14. The van der Waals surface area contributed by atoms with Crippen molar-refractivity contribution in [3.05, 3.63) is 45.8 Å². The molecule has 0 spiro atoms. The average molecular weight is 326 g/mol. The molecule has 1 aromatic carbocycles. The largest absolute Gasteiger partial charge is 0.383 e. The Bertz CT molecular complexity index is 893. The smallest absolute Gasteiger partial charge is 0.191 e. The van der Waals surface area contributed by atoms with Gasteiger partial charge in [-0.2, -0.15) is 5.26 Å². The number of benzene rings is 1. The minimum absolute atomic E-state index is 0.530. The first-order chi connectivity index (χ1) is 10.6. The maximum Gasteiger partial charge on any atom is 0.191 e. The maximum atomic E-state index is 9.13. The highest BCUT2D eigenvalue weighted by Gasteiger charge is 2.13. The van der Waals surface area contributed by atoms with E-state index >= 15 is 0 Å². The fourth-order valence-corrected chi connectivity index (χ4v) is 4.17. The second kappa shape index (κ2) is 5.95.